The van der Waals surface area contributed by atoms with Crippen molar-refractivity contribution in [3.63, 3.8) is 0 Å². The summed E-state index contributed by atoms with van der Waals surface area (Å²) in [5, 5.41) is 16.1. The molecule has 212 valence electrons. The molecule has 4 aliphatic rings. The minimum atomic E-state index is -4.25. The second-order valence-electron chi connectivity index (χ2n) is 11.0. The summed E-state index contributed by atoms with van der Waals surface area (Å²) in [5.41, 5.74) is 0. The van der Waals surface area contributed by atoms with Crippen molar-refractivity contribution in [3.05, 3.63) is 0 Å². The Labute approximate surface area is 217 Å². The summed E-state index contributed by atoms with van der Waals surface area (Å²) in [5.74, 6) is -1.14. The quantitative estimate of drug-likeness (QED) is 0.320. The molecule has 3 heterocycles. The minimum Gasteiger partial charge on any atom is -0.381 e. The minimum absolute atomic E-state index is 0.0162. The van der Waals surface area contributed by atoms with Gasteiger partial charge in [0.2, 0.25) is 5.91 Å². The van der Waals surface area contributed by atoms with Gasteiger partial charge < -0.3 is 30.7 Å². The van der Waals surface area contributed by atoms with Crippen LogP contribution in [0.4, 0.5) is 13.2 Å². The lowest BCUT2D eigenvalue weighted by atomic mass is 9.67. The number of hydrogen-bond donors (Lipinski definition) is 5. The summed E-state index contributed by atoms with van der Waals surface area (Å²) >= 11 is 0. The zero-order valence-corrected chi connectivity index (χ0v) is 21.9. The summed E-state index contributed by atoms with van der Waals surface area (Å²) in [6, 6.07) is 0.152. The third kappa shape index (κ3) is 7.70. The molecule has 9 nitrogen and oxygen atoms in total. The topological polar surface area (TPSA) is 108 Å². The van der Waals surface area contributed by atoms with Crippen LogP contribution >= 0.6 is 0 Å². The van der Waals surface area contributed by atoms with Crippen LogP contribution in [0.3, 0.4) is 0 Å². The van der Waals surface area contributed by atoms with Crippen LogP contribution in [0, 0.1) is 29.6 Å². The standard InChI is InChI=1S/C25H43F3N6O3/c1-36-20-3-4-29-19(11-20)14-32-22(35)17-8-15(12-34-24-30-5-6-31-24)7-16(9-17)21-10-18(25(26,27)28)13-33-23(21)37-2/h15-21,23,29,33H,3-14H2,1-2H3,(H,32,35)(H2,30,31,34). The van der Waals surface area contributed by atoms with Crippen LogP contribution in [-0.2, 0) is 14.3 Å². The fourth-order valence-electron chi connectivity index (χ4n) is 6.57. The van der Waals surface area contributed by atoms with E-state index in [2.05, 4.69) is 31.6 Å². The molecule has 37 heavy (non-hydrogen) atoms. The second-order valence-corrected chi connectivity index (χ2v) is 11.0. The average Bonchev–Trinajstić information content (AvgIpc) is 3.43. The molecule has 0 aromatic heterocycles. The Kier molecular flexibility index (Phi) is 9.93. The molecule has 0 bridgehead atoms. The van der Waals surface area contributed by atoms with Gasteiger partial charge in [-0.2, -0.15) is 13.2 Å². The number of hydrogen-bond acceptors (Lipinski definition) is 8. The Morgan fingerprint density at radius 1 is 1.05 bits per heavy atom. The molecular formula is C25H43F3N6O3. The lowest BCUT2D eigenvalue weighted by molar-refractivity contribution is -0.196. The maximum atomic E-state index is 13.6. The molecule has 3 fully saturated rings. The highest BCUT2D eigenvalue weighted by Gasteiger charge is 2.48. The van der Waals surface area contributed by atoms with Gasteiger partial charge in [-0.25, -0.2) is 0 Å². The lowest BCUT2D eigenvalue weighted by Gasteiger charge is -2.45. The van der Waals surface area contributed by atoms with Crippen molar-refractivity contribution in [1.29, 1.82) is 0 Å². The lowest BCUT2D eigenvalue weighted by Crippen LogP contribution is -2.54. The first-order chi connectivity index (χ1) is 17.8. The highest BCUT2D eigenvalue weighted by Crippen LogP contribution is 2.44. The van der Waals surface area contributed by atoms with E-state index in [1.54, 1.807) is 14.2 Å². The third-order valence-electron chi connectivity index (χ3n) is 8.58. The van der Waals surface area contributed by atoms with Crippen LogP contribution in [0.2, 0.25) is 0 Å². The van der Waals surface area contributed by atoms with Crippen molar-refractivity contribution in [2.75, 3.05) is 53.5 Å². The van der Waals surface area contributed by atoms with E-state index in [4.69, 9.17) is 9.47 Å². The Bertz CT molecular complexity index is 785. The third-order valence-corrected chi connectivity index (χ3v) is 8.58. The van der Waals surface area contributed by atoms with Crippen molar-refractivity contribution in [1.82, 2.24) is 26.6 Å². The summed E-state index contributed by atoms with van der Waals surface area (Å²) < 4.78 is 52.0. The van der Waals surface area contributed by atoms with E-state index in [0.717, 1.165) is 44.9 Å². The highest BCUT2D eigenvalue weighted by atomic mass is 19.4. The first-order valence-corrected chi connectivity index (χ1v) is 13.7. The van der Waals surface area contributed by atoms with E-state index >= 15 is 0 Å². The van der Waals surface area contributed by atoms with Crippen molar-refractivity contribution >= 4 is 11.9 Å². The molecule has 2 saturated heterocycles. The molecule has 0 aromatic rings. The number of nitrogens with one attached hydrogen (secondary N) is 5. The molecule has 1 saturated carbocycles. The van der Waals surface area contributed by atoms with Crippen LogP contribution < -0.4 is 26.6 Å². The molecule has 1 aliphatic carbocycles. The summed E-state index contributed by atoms with van der Waals surface area (Å²) in [6.07, 6.45) is -0.682. The van der Waals surface area contributed by atoms with Gasteiger partial charge in [0.1, 0.15) is 6.23 Å². The number of guanidine groups is 1. The number of ether oxygens (including phenoxy) is 2. The van der Waals surface area contributed by atoms with Gasteiger partial charge in [-0.1, -0.05) is 0 Å². The average molecular weight is 533 g/mol. The molecule has 1 amide bonds. The first-order valence-electron chi connectivity index (χ1n) is 13.7. The van der Waals surface area contributed by atoms with E-state index < -0.39 is 18.3 Å². The van der Waals surface area contributed by atoms with Crippen LogP contribution in [0.25, 0.3) is 0 Å². The van der Waals surface area contributed by atoms with Crippen LogP contribution in [0.5, 0.6) is 0 Å². The van der Waals surface area contributed by atoms with Crippen molar-refractivity contribution in [2.24, 2.45) is 34.6 Å². The van der Waals surface area contributed by atoms with E-state index in [-0.39, 0.29) is 54.7 Å². The molecule has 12 heteroatoms. The Morgan fingerprint density at radius 3 is 2.59 bits per heavy atom. The van der Waals surface area contributed by atoms with E-state index in [9.17, 15) is 18.0 Å². The number of aliphatic imine (C=N–C) groups is 1. The van der Waals surface area contributed by atoms with Crippen molar-refractivity contribution < 1.29 is 27.4 Å². The van der Waals surface area contributed by atoms with Gasteiger partial charge in [0.25, 0.3) is 0 Å². The molecule has 0 aromatic carbocycles. The summed E-state index contributed by atoms with van der Waals surface area (Å²) in [4.78, 5) is 17.7. The largest absolute Gasteiger partial charge is 0.393 e. The van der Waals surface area contributed by atoms with Gasteiger partial charge in [-0.05, 0) is 56.9 Å². The first kappa shape index (κ1) is 28.4. The van der Waals surface area contributed by atoms with Gasteiger partial charge in [0, 0.05) is 58.3 Å². The summed E-state index contributed by atoms with van der Waals surface area (Å²) in [7, 11) is 3.25. The van der Waals surface area contributed by atoms with Gasteiger partial charge in [0.15, 0.2) is 5.96 Å². The van der Waals surface area contributed by atoms with E-state index in [1.165, 1.54) is 0 Å². The number of halogens is 3. The monoisotopic (exact) mass is 532 g/mol. The van der Waals surface area contributed by atoms with Gasteiger partial charge in [-0.15, -0.1) is 0 Å². The van der Waals surface area contributed by atoms with Gasteiger partial charge in [0.05, 0.1) is 18.6 Å². The van der Waals surface area contributed by atoms with Crippen LogP contribution in [0.1, 0.15) is 38.5 Å². The predicted octanol–water partition coefficient (Wildman–Crippen LogP) is 1.21. The maximum Gasteiger partial charge on any atom is 0.393 e. The number of nitrogens with zero attached hydrogens (tertiary/aromatic N) is 1. The molecule has 3 aliphatic heterocycles. The number of piperidine rings is 2. The summed E-state index contributed by atoms with van der Waals surface area (Å²) in [6.45, 7) is 3.38. The number of carbonyl (C=O) groups is 1. The molecule has 5 N–H and O–H groups in total. The predicted molar refractivity (Wildman–Crippen MR) is 134 cm³/mol. The normalized spacial score (nSPS) is 36.9. The number of methoxy groups -OCH3 is 2. The SMILES string of the molecule is COC1CCNC(CNC(=O)C2CC(CNC3=NCCN3)CC(C3CC(C(F)(F)F)CNC3OC)C2)C1. The number of rotatable bonds is 8. The molecule has 4 rings (SSSR count). The number of alkyl halides is 3. The Morgan fingerprint density at radius 2 is 1.89 bits per heavy atom. The fourth-order valence-corrected chi connectivity index (χ4v) is 6.57. The highest BCUT2D eigenvalue weighted by molar-refractivity contribution is 5.81. The smallest absolute Gasteiger partial charge is 0.381 e. The fraction of sp³-hybridized carbons (Fsp3) is 0.920. The zero-order valence-electron chi connectivity index (χ0n) is 21.9. The molecular weight excluding hydrogens is 489 g/mol. The second kappa shape index (κ2) is 12.9. The molecule has 0 spiro atoms. The van der Waals surface area contributed by atoms with E-state index in [1.807, 2.05) is 0 Å². The van der Waals surface area contributed by atoms with Crippen LogP contribution in [-0.4, -0.2) is 89.9 Å². The number of carbonyl (C=O) groups excluding carboxylic acids is 1. The van der Waals surface area contributed by atoms with Crippen LogP contribution in [0.15, 0.2) is 4.99 Å². The van der Waals surface area contributed by atoms with Gasteiger partial charge >= 0.3 is 6.18 Å². The molecule has 8 atom stereocenters. The number of amides is 1. The Balaban J connectivity index is 1.42. The van der Waals surface area contributed by atoms with Gasteiger partial charge in [-0.3, -0.25) is 15.1 Å². The van der Waals surface area contributed by atoms with Crippen molar-refractivity contribution in [3.8, 4) is 0 Å². The Hall–Kier alpha value is -1.63. The van der Waals surface area contributed by atoms with Crippen molar-refractivity contribution in [2.45, 2.75) is 63.1 Å². The zero-order chi connectivity index (χ0) is 26.4. The molecule has 0 radical (unpaired) electrons. The van der Waals surface area contributed by atoms with E-state index in [0.29, 0.717) is 25.9 Å². The molecule has 8 unspecified atom stereocenters. The maximum absolute atomic E-state index is 13.6.